The van der Waals surface area contributed by atoms with Crippen molar-refractivity contribution in [2.75, 3.05) is 39.9 Å². The Morgan fingerprint density at radius 1 is 1.13 bits per heavy atom. The van der Waals surface area contributed by atoms with Crippen LogP contribution < -0.4 is 0 Å². The maximum absolute atomic E-state index is 11.8. The molecular formula is C10H19F3NO+. The average Bonchev–Trinajstić information content (AvgIpc) is 2.12. The van der Waals surface area contributed by atoms with Gasteiger partial charge in [0, 0.05) is 0 Å². The molecule has 15 heavy (non-hydrogen) atoms. The van der Waals surface area contributed by atoms with Gasteiger partial charge in [-0.15, -0.1) is 0 Å². The van der Waals surface area contributed by atoms with Gasteiger partial charge in [-0.05, 0) is 19.3 Å². The van der Waals surface area contributed by atoms with Gasteiger partial charge in [0.2, 0.25) is 0 Å². The largest absolute Gasteiger partial charge is 0.411 e. The summed E-state index contributed by atoms with van der Waals surface area (Å²) in [7, 11) is 2.09. The van der Waals surface area contributed by atoms with Crippen LogP contribution in [0.15, 0.2) is 0 Å². The van der Waals surface area contributed by atoms with Gasteiger partial charge in [-0.25, -0.2) is 0 Å². The molecule has 0 aromatic heterocycles. The molecule has 0 aromatic carbocycles. The molecule has 1 fully saturated rings. The number of rotatable bonds is 4. The average molecular weight is 226 g/mol. The molecule has 0 amide bonds. The molecule has 5 heteroatoms. The van der Waals surface area contributed by atoms with Gasteiger partial charge in [0.15, 0.2) is 0 Å². The molecule has 0 bridgehead atoms. The zero-order chi connectivity index (χ0) is 11.4. The quantitative estimate of drug-likeness (QED) is 0.527. The van der Waals surface area contributed by atoms with Gasteiger partial charge in [-0.3, -0.25) is 0 Å². The number of piperidine rings is 1. The van der Waals surface area contributed by atoms with E-state index in [-0.39, 0.29) is 6.61 Å². The first-order chi connectivity index (χ1) is 6.91. The van der Waals surface area contributed by atoms with Crippen LogP contribution in [0.5, 0.6) is 0 Å². The third kappa shape index (κ3) is 5.37. The summed E-state index contributed by atoms with van der Waals surface area (Å²) in [6.45, 7) is 1.91. The summed E-state index contributed by atoms with van der Waals surface area (Å²) in [6.07, 6.45) is -0.594. The smallest absolute Gasteiger partial charge is 0.366 e. The fourth-order valence-corrected chi connectivity index (χ4v) is 1.97. The van der Waals surface area contributed by atoms with E-state index in [1.54, 1.807) is 0 Å². The third-order valence-electron chi connectivity index (χ3n) is 2.94. The van der Waals surface area contributed by atoms with Gasteiger partial charge in [0.05, 0.1) is 26.7 Å². The number of nitrogens with zero attached hydrogens (tertiary/aromatic N) is 1. The summed E-state index contributed by atoms with van der Waals surface area (Å²) in [5.74, 6) is 0. The second-order valence-corrected chi connectivity index (χ2v) is 4.52. The molecule has 0 unspecified atom stereocenters. The van der Waals surface area contributed by atoms with Crippen molar-refractivity contribution in [2.24, 2.45) is 0 Å². The fourth-order valence-electron chi connectivity index (χ4n) is 1.97. The van der Waals surface area contributed by atoms with Crippen molar-refractivity contribution in [2.45, 2.75) is 25.4 Å². The van der Waals surface area contributed by atoms with E-state index in [0.717, 1.165) is 17.6 Å². The first kappa shape index (κ1) is 12.8. The highest BCUT2D eigenvalue weighted by Gasteiger charge is 2.29. The van der Waals surface area contributed by atoms with Crippen LogP contribution in [-0.4, -0.2) is 50.6 Å². The van der Waals surface area contributed by atoms with E-state index in [0.29, 0.717) is 6.54 Å². The summed E-state index contributed by atoms with van der Waals surface area (Å²) in [5, 5.41) is 0. The Bertz CT molecular complexity index is 188. The monoisotopic (exact) mass is 226 g/mol. The van der Waals surface area contributed by atoms with Gasteiger partial charge in [-0.1, -0.05) is 0 Å². The molecule has 1 aliphatic heterocycles. The van der Waals surface area contributed by atoms with Crippen molar-refractivity contribution in [3.63, 3.8) is 0 Å². The number of quaternary nitrogens is 1. The lowest BCUT2D eigenvalue weighted by Gasteiger charge is -2.37. The molecule has 1 saturated heterocycles. The normalized spacial score (nSPS) is 21.6. The van der Waals surface area contributed by atoms with Crippen LogP contribution >= 0.6 is 0 Å². The summed E-state index contributed by atoms with van der Waals surface area (Å²) in [5.41, 5.74) is 0. The number of ether oxygens (including phenoxy) is 1. The first-order valence-electron chi connectivity index (χ1n) is 5.39. The van der Waals surface area contributed by atoms with Gasteiger partial charge >= 0.3 is 6.18 Å². The minimum absolute atomic E-state index is 0.204. The molecule has 90 valence electrons. The first-order valence-corrected chi connectivity index (χ1v) is 5.39. The van der Waals surface area contributed by atoms with E-state index in [4.69, 9.17) is 0 Å². The van der Waals surface area contributed by atoms with E-state index in [1.807, 2.05) is 0 Å². The summed E-state index contributed by atoms with van der Waals surface area (Å²) in [4.78, 5) is 0. The van der Waals surface area contributed by atoms with E-state index in [9.17, 15) is 13.2 Å². The molecular weight excluding hydrogens is 207 g/mol. The second kappa shape index (κ2) is 5.16. The van der Waals surface area contributed by atoms with Gasteiger partial charge < -0.3 is 9.22 Å². The molecule has 0 aliphatic carbocycles. The molecule has 0 N–H and O–H groups in total. The van der Waals surface area contributed by atoms with Crippen molar-refractivity contribution >= 4 is 0 Å². The Balaban J connectivity index is 2.13. The topological polar surface area (TPSA) is 9.23 Å². The zero-order valence-corrected chi connectivity index (χ0v) is 9.15. The van der Waals surface area contributed by atoms with Crippen LogP contribution in [-0.2, 0) is 4.74 Å². The maximum Gasteiger partial charge on any atom is 0.411 e. The van der Waals surface area contributed by atoms with Crippen molar-refractivity contribution in [1.82, 2.24) is 0 Å². The van der Waals surface area contributed by atoms with Crippen LogP contribution in [0.25, 0.3) is 0 Å². The standard InChI is InChI=1S/C10H19F3NO/c1-14(5-3-2-4-6-14)7-8-15-9-10(11,12)13/h2-9H2,1H3/q+1. The van der Waals surface area contributed by atoms with Crippen LogP contribution in [0.4, 0.5) is 13.2 Å². The number of likely N-dealkylation sites (N-methyl/N-ethyl adjacent to an activating group) is 1. The van der Waals surface area contributed by atoms with E-state index >= 15 is 0 Å². The van der Waals surface area contributed by atoms with Crippen molar-refractivity contribution in [1.29, 1.82) is 0 Å². The van der Waals surface area contributed by atoms with E-state index < -0.39 is 12.8 Å². The summed E-state index contributed by atoms with van der Waals surface area (Å²) in [6, 6.07) is 0. The van der Waals surface area contributed by atoms with Crippen LogP contribution in [0, 0.1) is 0 Å². The Kier molecular flexibility index (Phi) is 4.40. The summed E-state index contributed by atoms with van der Waals surface area (Å²) < 4.78 is 40.8. The number of halogens is 3. The SMILES string of the molecule is C[N+]1(CCOCC(F)(F)F)CCCCC1. The molecule has 0 atom stereocenters. The Morgan fingerprint density at radius 3 is 2.27 bits per heavy atom. The molecule has 1 rings (SSSR count). The maximum atomic E-state index is 11.8. The predicted molar refractivity (Wildman–Crippen MR) is 51.5 cm³/mol. The number of alkyl halides is 3. The molecule has 2 nitrogen and oxygen atoms in total. The Labute approximate surface area is 88.6 Å². The Morgan fingerprint density at radius 2 is 1.73 bits per heavy atom. The highest BCUT2D eigenvalue weighted by molar-refractivity contribution is 4.52. The minimum Gasteiger partial charge on any atom is -0.366 e. The van der Waals surface area contributed by atoms with Crippen LogP contribution in [0.1, 0.15) is 19.3 Å². The molecule has 0 radical (unpaired) electrons. The third-order valence-corrected chi connectivity index (χ3v) is 2.94. The minimum atomic E-state index is -4.19. The van der Waals surface area contributed by atoms with Crippen molar-refractivity contribution in [3.05, 3.63) is 0 Å². The van der Waals surface area contributed by atoms with Crippen LogP contribution in [0.2, 0.25) is 0 Å². The number of hydrogen-bond donors (Lipinski definition) is 0. The molecule has 0 spiro atoms. The molecule has 0 saturated carbocycles. The summed E-state index contributed by atoms with van der Waals surface area (Å²) >= 11 is 0. The highest BCUT2D eigenvalue weighted by Crippen LogP contribution is 2.17. The molecule has 1 heterocycles. The number of hydrogen-bond acceptors (Lipinski definition) is 1. The van der Waals surface area contributed by atoms with E-state index in [2.05, 4.69) is 11.8 Å². The second-order valence-electron chi connectivity index (χ2n) is 4.52. The van der Waals surface area contributed by atoms with Crippen LogP contribution in [0.3, 0.4) is 0 Å². The van der Waals surface area contributed by atoms with Gasteiger partial charge in [0.25, 0.3) is 0 Å². The lowest BCUT2D eigenvalue weighted by Crippen LogP contribution is -2.49. The molecule has 0 aromatic rings. The lowest BCUT2D eigenvalue weighted by molar-refractivity contribution is -0.914. The van der Waals surface area contributed by atoms with Gasteiger partial charge in [0.1, 0.15) is 13.2 Å². The predicted octanol–water partition coefficient (Wildman–Crippen LogP) is 2.20. The van der Waals surface area contributed by atoms with E-state index in [1.165, 1.54) is 19.3 Å². The fraction of sp³-hybridized carbons (Fsp3) is 1.00. The van der Waals surface area contributed by atoms with Gasteiger partial charge in [-0.2, -0.15) is 13.2 Å². The number of likely N-dealkylation sites (tertiary alicyclic amines) is 1. The van der Waals surface area contributed by atoms with Crippen molar-refractivity contribution in [3.8, 4) is 0 Å². The zero-order valence-electron chi connectivity index (χ0n) is 9.15. The molecule has 1 aliphatic rings. The lowest BCUT2D eigenvalue weighted by atomic mass is 10.1. The Hall–Kier alpha value is -0.290. The highest BCUT2D eigenvalue weighted by atomic mass is 19.4. The van der Waals surface area contributed by atoms with Crippen molar-refractivity contribution < 1.29 is 22.4 Å².